The van der Waals surface area contributed by atoms with E-state index in [-0.39, 0.29) is 5.69 Å². The number of hydrogen-bond donors (Lipinski definition) is 0. The number of nitrogens with zero attached hydrogens (tertiary/aromatic N) is 1. The van der Waals surface area contributed by atoms with Crippen molar-refractivity contribution in [1.29, 1.82) is 0 Å². The van der Waals surface area contributed by atoms with Crippen molar-refractivity contribution in [3.63, 3.8) is 0 Å². The monoisotopic (exact) mass is 323 g/mol. The molecule has 0 aromatic heterocycles. The van der Waals surface area contributed by atoms with Gasteiger partial charge in [0.25, 0.3) is 5.69 Å². The first kappa shape index (κ1) is 19.3. The van der Waals surface area contributed by atoms with Gasteiger partial charge < -0.3 is 9.47 Å². The Labute approximate surface area is 139 Å². The Morgan fingerprint density at radius 2 is 1.57 bits per heavy atom. The van der Waals surface area contributed by atoms with Crippen LogP contribution in [0.2, 0.25) is 0 Å². The quantitative estimate of drug-likeness (QED) is 0.273. The second-order valence-corrected chi connectivity index (χ2v) is 5.64. The van der Waals surface area contributed by atoms with E-state index >= 15 is 0 Å². The van der Waals surface area contributed by atoms with Gasteiger partial charge in [0.15, 0.2) is 11.5 Å². The molecule has 0 bridgehead atoms. The average molecular weight is 323 g/mol. The maximum Gasteiger partial charge on any atom is 0.273 e. The second kappa shape index (κ2) is 11.7. The molecule has 5 nitrogen and oxygen atoms in total. The van der Waals surface area contributed by atoms with Gasteiger partial charge in [-0.15, -0.1) is 0 Å². The molecule has 5 heteroatoms. The highest BCUT2D eigenvalue weighted by Crippen LogP contribution is 2.31. The van der Waals surface area contributed by atoms with Crippen molar-refractivity contribution < 1.29 is 14.4 Å². The molecule has 0 aliphatic rings. The van der Waals surface area contributed by atoms with E-state index in [0.717, 1.165) is 12.8 Å². The number of benzene rings is 1. The smallest absolute Gasteiger partial charge is 0.273 e. The van der Waals surface area contributed by atoms with Crippen LogP contribution in [-0.4, -0.2) is 18.1 Å². The van der Waals surface area contributed by atoms with Crippen LogP contribution in [0.3, 0.4) is 0 Å². The highest BCUT2D eigenvalue weighted by molar-refractivity contribution is 5.48. The molecule has 0 radical (unpaired) electrons. The molecule has 0 saturated carbocycles. The van der Waals surface area contributed by atoms with Crippen molar-refractivity contribution in [1.82, 2.24) is 0 Å². The molecule has 0 aliphatic carbocycles. The lowest BCUT2D eigenvalue weighted by molar-refractivity contribution is -0.385. The predicted molar refractivity (Wildman–Crippen MR) is 92.4 cm³/mol. The first-order valence-corrected chi connectivity index (χ1v) is 8.73. The Morgan fingerprint density at radius 3 is 2.17 bits per heavy atom. The molecule has 0 heterocycles. The largest absolute Gasteiger partial charge is 0.490 e. The Bertz CT molecular complexity index is 462. The van der Waals surface area contributed by atoms with E-state index in [0.29, 0.717) is 24.7 Å². The lowest BCUT2D eigenvalue weighted by Crippen LogP contribution is -2.01. The number of ether oxygens (including phenoxy) is 2. The summed E-state index contributed by atoms with van der Waals surface area (Å²) >= 11 is 0. The molecule has 0 saturated heterocycles. The van der Waals surface area contributed by atoms with Crippen LogP contribution in [0.5, 0.6) is 11.5 Å². The molecule has 130 valence electrons. The molecule has 0 spiro atoms. The van der Waals surface area contributed by atoms with Crippen molar-refractivity contribution in [3.8, 4) is 11.5 Å². The molecule has 1 rings (SSSR count). The van der Waals surface area contributed by atoms with E-state index in [4.69, 9.17) is 9.47 Å². The van der Waals surface area contributed by atoms with Crippen LogP contribution in [0.4, 0.5) is 5.69 Å². The number of nitro groups is 1. The van der Waals surface area contributed by atoms with Crippen LogP contribution < -0.4 is 9.47 Å². The minimum absolute atomic E-state index is 0.0212. The minimum Gasteiger partial charge on any atom is -0.490 e. The fraction of sp³-hybridized carbons (Fsp3) is 0.667. The molecule has 1 aromatic carbocycles. The summed E-state index contributed by atoms with van der Waals surface area (Å²) in [7, 11) is 0. The second-order valence-electron chi connectivity index (χ2n) is 5.64. The van der Waals surface area contributed by atoms with Crippen molar-refractivity contribution in [2.45, 2.75) is 65.2 Å². The molecule has 0 fully saturated rings. The van der Waals surface area contributed by atoms with Crippen molar-refractivity contribution in [2.24, 2.45) is 0 Å². The van der Waals surface area contributed by atoms with Gasteiger partial charge in [-0.1, -0.05) is 51.9 Å². The van der Waals surface area contributed by atoms with E-state index in [1.165, 1.54) is 50.7 Å². The maximum atomic E-state index is 10.8. The van der Waals surface area contributed by atoms with Crippen molar-refractivity contribution in [3.05, 3.63) is 28.3 Å². The maximum absolute atomic E-state index is 10.8. The Morgan fingerprint density at radius 1 is 0.913 bits per heavy atom. The fourth-order valence-corrected chi connectivity index (χ4v) is 2.42. The molecule has 0 amide bonds. The van der Waals surface area contributed by atoms with Gasteiger partial charge in [-0.2, -0.15) is 0 Å². The molecule has 23 heavy (non-hydrogen) atoms. The van der Waals surface area contributed by atoms with Crippen LogP contribution in [0.1, 0.15) is 65.2 Å². The van der Waals surface area contributed by atoms with E-state index in [9.17, 15) is 10.1 Å². The van der Waals surface area contributed by atoms with Crippen molar-refractivity contribution in [2.75, 3.05) is 13.2 Å². The zero-order valence-corrected chi connectivity index (χ0v) is 14.4. The summed E-state index contributed by atoms with van der Waals surface area (Å²) in [5.74, 6) is 1.03. The van der Waals surface area contributed by atoms with Gasteiger partial charge in [0.2, 0.25) is 0 Å². The third-order valence-electron chi connectivity index (χ3n) is 3.69. The van der Waals surface area contributed by atoms with Gasteiger partial charge in [-0.3, -0.25) is 10.1 Å². The van der Waals surface area contributed by atoms with E-state index in [1.807, 2.05) is 6.92 Å². The molecular weight excluding hydrogens is 294 g/mol. The molecule has 0 unspecified atom stereocenters. The molecular formula is C18H29NO4. The summed E-state index contributed by atoms with van der Waals surface area (Å²) in [5.41, 5.74) is 0.0212. The number of non-ortho nitro benzene ring substituents is 1. The number of unbranched alkanes of at least 4 members (excludes halogenated alkanes) is 7. The van der Waals surface area contributed by atoms with Crippen LogP contribution in [0.25, 0.3) is 0 Å². The van der Waals surface area contributed by atoms with Gasteiger partial charge in [-0.25, -0.2) is 0 Å². The first-order chi connectivity index (χ1) is 11.2. The molecule has 0 atom stereocenters. The predicted octanol–water partition coefficient (Wildman–Crippen LogP) is 5.51. The highest BCUT2D eigenvalue weighted by atomic mass is 16.6. The molecule has 1 aromatic rings. The minimum atomic E-state index is -0.426. The zero-order valence-electron chi connectivity index (χ0n) is 14.4. The summed E-state index contributed by atoms with van der Waals surface area (Å²) in [6.07, 6.45) is 9.97. The van der Waals surface area contributed by atoms with Crippen LogP contribution in [0.15, 0.2) is 18.2 Å². The van der Waals surface area contributed by atoms with Crippen LogP contribution in [0, 0.1) is 10.1 Å². The summed E-state index contributed by atoms with van der Waals surface area (Å²) in [6.45, 7) is 5.15. The van der Waals surface area contributed by atoms with Gasteiger partial charge >= 0.3 is 0 Å². The summed E-state index contributed by atoms with van der Waals surface area (Å²) in [5, 5.41) is 10.8. The lowest BCUT2D eigenvalue weighted by Gasteiger charge is -2.11. The first-order valence-electron chi connectivity index (χ1n) is 8.73. The summed E-state index contributed by atoms with van der Waals surface area (Å²) in [4.78, 5) is 10.4. The van der Waals surface area contributed by atoms with E-state index in [2.05, 4.69) is 6.92 Å². The topological polar surface area (TPSA) is 61.6 Å². The fourth-order valence-electron chi connectivity index (χ4n) is 2.42. The standard InChI is InChI=1S/C18H29NO4/c1-3-5-6-7-8-9-10-11-14-23-17-13-12-16(19(20)21)15-18(17)22-4-2/h12-13,15H,3-11,14H2,1-2H3. The van der Waals surface area contributed by atoms with Crippen LogP contribution in [-0.2, 0) is 0 Å². The van der Waals surface area contributed by atoms with Gasteiger partial charge in [0.05, 0.1) is 24.2 Å². The number of hydrogen-bond acceptors (Lipinski definition) is 4. The third kappa shape index (κ3) is 7.86. The Kier molecular flexibility index (Phi) is 9.84. The number of rotatable bonds is 13. The zero-order chi connectivity index (χ0) is 16.9. The highest BCUT2D eigenvalue weighted by Gasteiger charge is 2.12. The van der Waals surface area contributed by atoms with Gasteiger partial charge in [0.1, 0.15) is 0 Å². The Balaban J connectivity index is 2.29. The normalized spacial score (nSPS) is 10.5. The summed E-state index contributed by atoms with van der Waals surface area (Å²) in [6, 6.07) is 4.49. The third-order valence-corrected chi connectivity index (χ3v) is 3.69. The lowest BCUT2D eigenvalue weighted by atomic mass is 10.1. The van der Waals surface area contributed by atoms with Crippen molar-refractivity contribution >= 4 is 5.69 Å². The average Bonchev–Trinajstić information content (AvgIpc) is 2.54. The van der Waals surface area contributed by atoms with Crippen LogP contribution >= 0.6 is 0 Å². The van der Waals surface area contributed by atoms with E-state index in [1.54, 1.807) is 6.07 Å². The molecule has 0 N–H and O–H groups in total. The Hall–Kier alpha value is -1.78. The number of nitro benzene ring substituents is 1. The van der Waals surface area contributed by atoms with E-state index < -0.39 is 4.92 Å². The summed E-state index contributed by atoms with van der Waals surface area (Å²) < 4.78 is 11.2. The van der Waals surface area contributed by atoms with Gasteiger partial charge in [-0.05, 0) is 19.4 Å². The SMILES string of the molecule is CCCCCCCCCCOc1ccc([N+](=O)[O-])cc1OCC. The van der Waals surface area contributed by atoms with Gasteiger partial charge in [0, 0.05) is 6.07 Å². The molecule has 0 aliphatic heterocycles.